The average Bonchev–Trinajstić information content (AvgIpc) is 2.46. The molecule has 0 unspecified atom stereocenters. The molecule has 0 aromatic heterocycles. The summed E-state index contributed by atoms with van der Waals surface area (Å²) in [5, 5.41) is 9.07. The highest BCUT2D eigenvalue weighted by atomic mass is 16.5. The lowest BCUT2D eigenvalue weighted by molar-refractivity contribution is -0.145. The summed E-state index contributed by atoms with van der Waals surface area (Å²) in [5.41, 5.74) is 0. The summed E-state index contributed by atoms with van der Waals surface area (Å²) in [6.45, 7) is 5.01. The van der Waals surface area contributed by atoms with Crippen LogP contribution in [0, 0.1) is 5.92 Å². The number of carbonyl (C=O) groups excluding carboxylic acids is 2. The van der Waals surface area contributed by atoms with Gasteiger partial charge in [-0.3, -0.25) is 9.59 Å². The Morgan fingerprint density at radius 3 is 2.62 bits per heavy atom. The lowest BCUT2D eigenvalue weighted by atomic mass is 9.98. The number of rotatable bonds is 6. The summed E-state index contributed by atoms with van der Waals surface area (Å²) in [6.07, 6.45) is 1.98. The minimum absolute atomic E-state index is 0.0885. The van der Waals surface area contributed by atoms with E-state index in [1.807, 2.05) is 6.92 Å². The molecule has 7 heteroatoms. The SMILES string of the molecule is CCCN(CC(=O)OCC)C(=O)N1CCC[C@H](C(=O)O)C1. The molecular formula is C14H24N2O5. The van der Waals surface area contributed by atoms with Crippen LogP contribution in [0.2, 0.25) is 0 Å². The number of carbonyl (C=O) groups is 3. The van der Waals surface area contributed by atoms with Crippen LogP contribution in [0.1, 0.15) is 33.1 Å². The van der Waals surface area contributed by atoms with Crippen LogP contribution in [-0.2, 0) is 14.3 Å². The fraction of sp³-hybridized carbons (Fsp3) is 0.786. The third-order valence-electron chi connectivity index (χ3n) is 3.43. The van der Waals surface area contributed by atoms with Crippen molar-refractivity contribution in [3.05, 3.63) is 0 Å². The Kier molecular flexibility index (Phi) is 6.98. The zero-order valence-electron chi connectivity index (χ0n) is 12.7. The van der Waals surface area contributed by atoms with E-state index in [9.17, 15) is 14.4 Å². The van der Waals surface area contributed by atoms with Crippen molar-refractivity contribution >= 4 is 18.0 Å². The maximum absolute atomic E-state index is 12.4. The van der Waals surface area contributed by atoms with E-state index >= 15 is 0 Å². The molecule has 1 saturated heterocycles. The lowest BCUT2D eigenvalue weighted by Crippen LogP contribution is -2.50. The van der Waals surface area contributed by atoms with Gasteiger partial charge in [0, 0.05) is 19.6 Å². The maximum atomic E-state index is 12.4. The van der Waals surface area contributed by atoms with Gasteiger partial charge < -0.3 is 19.6 Å². The summed E-state index contributed by atoms with van der Waals surface area (Å²) in [7, 11) is 0. The van der Waals surface area contributed by atoms with Crippen molar-refractivity contribution in [1.29, 1.82) is 0 Å². The van der Waals surface area contributed by atoms with E-state index in [0.29, 0.717) is 25.9 Å². The second kappa shape index (κ2) is 8.49. The van der Waals surface area contributed by atoms with Gasteiger partial charge in [-0.1, -0.05) is 6.92 Å². The molecule has 0 aliphatic carbocycles. The molecule has 0 aromatic rings. The van der Waals surface area contributed by atoms with E-state index in [0.717, 1.165) is 6.42 Å². The average molecular weight is 300 g/mol. The van der Waals surface area contributed by atoms with Gasteiger partial charge in [-0.25, -0.2) is 4.79 Å². The van der Waals surface area contributed by atoms with Crippen molar-refractivity contribution in [2.24, 2.45) is 5.92 Å². The van der Waals surface area contributed by atoms with Crippen molar-refractivity contribution in [2.45, 2.75) is 33.1 Å². The topological polar surface area (TPSA) is 87.2 Å². The minimum atomic E-state index is -0.875. The lowest BCUT2D eigenvalue weighted by Gasteiger charge is -2.34. The van der Waals surface area contributed by atoms with Crippen LogP contribution in [0.5, 0.6) is 0 Å². The predicted octanol–water partition coefficient (Wildman–Crippen LogP) is 1.18. The second-order valence-electron chi connectivity index (χ2n) is 5.13. The fourth-order valence-electron chi connectivity index (χ4n) is 2.43. The van der Waals surface area contributed by atoms with Gasteiger partial charge in [0.2, 0.25) is 0 Å². The third-order valence-corrected chi connectivity index (χ3v) is 3.43. The van der Waals surface area contributed by atoms with Gasteiger partial charge in [0.05, 0.1) is 12.5 Å². The number of urea groups is 1. The van der Waals surface area contributed by atoms with Crippen LogP contribution < -0.4 is 0 Å². The molecule has 21 heavy (non-hydrogen) atoms. The molecular weight excluding hydrogens is 276 g/mol. The Morgan fingerprint density at radius 2 is 2.05 bits per heavy atom. The first kappa shape index (κ1) is 17.3. The number of aliphatic carboxylic acids is 1. The standard InChI is InChI=1S/C14H24N2O5/c1-3-7-15(10-12(17)21-4-2)14(20)16-8-5-6-11(9-16)13(18)19/h11H,3-10H2,1-2H3,(H,18,19)/t11-/m0/s1. The van der Waals surface area contributed by atoms with Crippen LogP contribution in [-0.4, -0.2) is 65.7 Å². The second-order valence-corrected chi connectivity index (χ2v) is 5.13. The molecule has 0 spiro atoms. The number of amides is 2. The number of nitrogens with zero attached hydrogens (tertiary/aromatic N) is 2. The van der Waals surface area contributed by atoms with Gasteiger partial charge in [-0.05, 0) is 26.2 Å². The molecule has 0 bridgehead atoms. The van der Waals surface area contributed by atoms with Crippen molar-refractivity contribution in [3.63, 3.8) is 0 Å². The molecule has 1 N–H and O–H groups in total. The molecule has 1 rings (SSSR count). The normalized spacial score (nSPS) is 18.2. The number of hydrogen-bond acceptors (Lipinski definition) is 4. The quantitative estimate of drug-likeness (QED) is 0.744. The highest BCUT2D eigenvalue weighted by Gasteiger charge is 2.31. The first-order valence-electron chi connectivity index (χ1n) is 7.41. The summed E-state index contributed by atoms with van der Waals surface area (Å²) in [6, 6.07) is -0.282. The van der Waals surface area contributed by atoms with E-state index in [1.165, 1.54) is 9.80 Å². The van der Waals surface area contributed by atoms with Crippen LogP contribution in [0.25, 0.3) is 0 Å². The number of esters is 1. The van der Waals surface area contributed by atoms with Crippen LogP contribution >= 0.6 is 0 Å². The molecule has 1 aliphatic rings. The fourth-order valence-corrected chi connectivity index (χ4v) is 2.43. The van der Waals surface area contributed by atoms with Crippen molar-refractivity contribution < 1.29 is 24.2 Å². The van der Waals surface area contributed by atoms with Gasteiger partial charge in [0.1, 0.15) is 6.54 Å². The molecule has 1 atom stereocenters. The van der Waals surface area contributed by atoms with E-state index in [1.54, 1.807) is 6.92 Å². The molecule has 0 radical (unpaired) electrons. The maximum Gasteiger partial charge on any atom is 0.325 e. The van der Waals surface area contributed by atoms with E-state index in [4.69, 9.17) is 9.84 Å². The number of likely N-dealkylation sites (tertiary alicyclic amines) is 1. The minimum Gasteiger partial charge on any atom is -0.481 e. The van der Waals surface area contributed by atoms with Crippen molar-refractivity contribution in [1.82, 2.24) is 9.80 Å². The summed E-state index contributed by atoms with van der Waals surface area (Å²) < 4.78 is 4.87. The van der Waals surface area contributed by atoms with Gasteiger partial charge in [0.15, 0.2) is 0 Å². The number of carboxylic acid groups (broad SMARTS) is 1. The first-order chi connectivity index (χ1) is 9.99. The molecule has 1 heterocycles. The predicted molar refractivity (Wildman–Crippen MR) is 75.8 cm³/mol. The van der Waals surface area contributed by atoms with Crippen LogP contribution in [0.3, 0.4) is 0 Å². The Morgan fingerprint density at radius 1 is 1.33 bits per heavy atom. The van der Waals surface area contributed by atoms with Gasteiger partial charge in [-0.15, -0.1) is 0 Å². The van der Waals surface area contributed by atoms with Gasteiger partial charge in [-0.2, -0.15) is 0 Å². The van der Waals surface area contributed by atoms with E-state index in [-0.39, 0.29) is 25.7 Å². The smallest absolute Gasteiger partial charge is 0.325 e. The van der Waals surface area contributed by atoms with Gasteiger partial charge in [0.25, 0.3) is 0 Å². The number of carboxylic acids is 1. The monoisotopic (exact) mass is 300 g/mol. The molecule has 0 saturated carbocycles. The molecule has 1 aliphatic heterocycles. The van der Waals surface area contributed by atoms with Crippen LogP contribution in [0.4, 0.5) is 4.79 Å². The zero-order valence-corrected chi connectivity index (χ0v) is 12.7. The first-order valence-corrected chi connectivity index (χ1v) is 7.41. The summed E-state index contributed by atoms with van der Waals surface area (Å²) >= 11 is 0. The highest BCUT2D eigenvalue weighted by molar-refractivity contribution is 5.81. The molecule has 2 amide bonds. The Hall–Kier alpha value is -1.79. The van der Waals surface area contributed by atoms with E-state index < -0.39 is 17.9 Å². The number of hydrogen-bond donors (Lipinski definition) is 1. The number of ether oxygens (including phenoxy) is 1. The van der Waals surface area contributed by atoms with Crippen LogP contribution in [0.15, 0.2) is 0 Å². The van der Waals surface area contributed by atoms with Crippen molar-refractivity contribution in [2.75, 3.05) is 32.8 Å². The van der Waals surface area contributed by atoms with Crippen molar-refractivity contribution in [3.8, 4) is 0 Å². The Labute approximate surface area is 124 Å². The Balaban J connectivity index is 2.66. The molecule has 7 nitrogen and oxygen atoms in total. The zero-order chi connectivity index (χ0) is 15.8. The largest absolute Gasteiger partial charge is 0.481 e. The number of piperidine rings is 1. The molecule has 0 aromatic carbocycles. The van der Waals surface area contributed by atoms with Gasteiger partial charge >= 0.3 is 18.0 Å². The summed E-state index contributed by atoms with van der Waals surface area (Å²) in [4.78, 5) is 38.0. The third kappa shape index (κ3) is 5.24. The highest BCUT2D eigenvalue weighted by Crippen LogP contribution is 2.18. The molecule has 1 fully saturated rings. The van der Waals surface area contributed by atoms with E-state index in [2.05, 4.69) is 0 Å². The Bertz CT molecular complexity index is 386. The summed E-state index contributed by atoms with van der Waals surface area (Å²) in [5.74, 6) is -1.83. The molecule has 120 valence electrons.